The summed E-state index contributed by atoms with van der Waals surface area (Å²) in [6.07, 6.45) is 3.70. The van der Waals surface area contributed by atoms with Crippen molar-refractivity contribution in [3.05, 3.63) is 24.5 Å². The van der Waals surface area contributed by atoms with E-state index in [1.54, 1.807) is 0 Å². The van der Waals surface area contributed by atoms with Crippen LogP contribution in [-0.4, -0.2) is 17.0 Å². The highest BCUT2D eigenvalue weighted by atomic mass is 14.9. The highest BCUT2D eigenvalue weighted by Crippen LogP contribution is 2.13. The lowest BCUT2D eigenvalue weighted by Gasteiger charge is -1.96. The van der Waals surface area contributed by atoms with E-state index in [2.05, 4.69) is 15.3 Å². The summed E-state index contributed by atoms with van der Waals surface area (Å²) in [5, 5.41) is 3.03. The average Bonchev–Trinajstić information content (AvgIpc) is 2.50. The molecule has 0 aliphatic carbocycles. The topological polar surface area (TPSA) is 40.7 Å². The number of hydrogen-bond acceptors (Lipinski definition) is 2. The van der Waals surface area contributed by atoms with Gasteiger partial charge in [-0.3, -0.25) is 4.98 Å². The Balaban J connectivity index is 2.67. The van der Waals surface area contributed by atoms with Crippen LogP contribution in [0.4, 0.5) is 5.69 Å². The molecule has 0 atom stereocenters. The number of pyridine rings is 1. The van der Waals surface area contributed by atoms with Gasteiger partial charge in [0.2, 0.25) is 0 Å². The summed E-state index contributed by atoms with van der Waals surface area (Å²) < 4.78 is 0. The van der Waals surface area contributed by atoms with E-state index in [1.165, 1.54) is 0 Å². The fourth-order valence-electron chi connectivity index (χ4n) is 1.07. The number of aromatic amines is 1. The zero-order chi connectivity index (χ0) is 7.68. The largest absolute Gasteiger partial charge is 0.387 e. The van der Waals surface area contributed by atoms with Crippen molar-refractivity contribution in [3.8, 4) is 0 Å². The monoisotopic (exact) mass is 147 g/mol. The number of aromatic nitrogens is 2. The third-order valence-corrected chi connectivity index (χ3v) is 1.69. The van der Waals surface area contributed by atoms with E-state index in [1.807, 2.05) is 31.6 Å². The molecule has 0 radical (unpaired) electrons. The molecule has 2 aromatic rings. The molecule has 2 rings (SSSR count). The normalized spacial score (nSPS) is 10.3. The summed E-state index contributed by atoms with van der Waals surface area (Å²) in [5.74, 6) is 0. The van der Waals surface area contributed by atoms with Crippen LogP contribution in [0.15, 0.2) is 24.5 Å². The Labute approximate surface area is 64.5 Å². The van der Waals surface area contributed by atoms with Gasteiger partial charge in [-0.1, -0.05) is 0 Å². The van der Waals surface area contributed by atoms with Crippen LogP contribution in [-0.2, 0) is 0 Å². The second-order valence-electron chi connectivity index (χ2n) is 2.38. The van der Waals surface area contributed by atoms with Gasteiger partial charge in [0.05, 0.1) is 22.9 Å². The summed E-state index contributed by atoms with van der Waals surface area (Å²) >= 11 is 0. The highest BCUT2D eigenvalue weighted by Gasteiger charge is 1.94. The lowest BCUT2D eigenvalue weighted by atomic mass is 10.3. The molecule has 0 aliphatic rings. The van der Waals surface area contributed by atoms with E-state index >= 15 is 0 Å². The predicted molar refractivity (Wildman–Crippen MR) is 45.6 cm³/mol. The van der Waals surface area contributed by atoms with Gasteiger partial charge in [-0.2, -0.15) is 0 Å². The molecule has 0 aliphatic heterocycles. The van der Waals surface area contributed by atoms with Crippen molar-refractivity contribution in [2.45, 2.75) is 0 Å². The molecule has 0 bridgehead atoms. The third-order valence-electron chi connectivity index (χ3n) is 1.69. The molecule has 2 heterocycles. The molecule has 0 amide bonds. The van der Waals surface area contributed by atoms with E-state index in [-0.39, 0.29) is 0 Å². The fourth-order valence-corrected chi connectivity index (χ4v) is 1.07. The molecular formula is C8H9N3. The maximum Gasteiger partial charge on any atom is 0.0880 e. The highest BCUT2D eigenvalue weighted by molar-refractivity contribution is 5.77. The molecule has 0 aromatic carbocycles. The molecule has 0 saturated carbocycles. The summed E-state index contributed by atoms with van der Waals surface area (Å²) in [5.41, 5.74) is 3.10. The Bertz CT molecular complexity index is 364. The first-order valence-electron chi connectivity index (χ1n) is 3.51. The number of H-pyrrole nitrogens is 1. The van der Waals surface area contributed by atoms with Crippen LogP contribution in [0.3, 0.4) is 0 Å². The van der Waals surface area contributed by atoms with Gasteiger partial charge in [-0.05, 0) is 12.1 Å². The Morgan fingerprint density at radius 1 is 1.55 bits per heavy atom. The molecule has 3 heteroatoms. The smallest absolute Gasteiger partial charge is 0.0880 e. The van der Waals surface area contributed by atoms with Crippen LogP contribution in [0.2, 0.25) is 0 Å². The van der Waals surface area contributed by atoms with Crippen LogP contribution >= 0.6 is 0 Å². The van der Waals surface area contributed by atoms with E-state index in [0.29, 0.717) is 0 Å². The number of rotatable bonds is 1. The number of hydrogen-bond donors (Lipinski definition) is 2. The summed E-state index contributed by atoms with van der Waals surface area (Å²) in [4.78, 5) is 7.31. The molecule has 2 N–H and O–H groups in total. The van der Waals surface area contributed by atoms with Gasteiger partial charge in [-0.25, -0.2) is 0 Å². The van der Waals surface area contributed by atoms with Crippen LogP contribution in [0.5, 0.6) is 0 Å². The van der Waals surface area contributed by atoms with Crippen LogP contribution < -0.4 is 5.32 Å². The molecule has 0 spiro atoms. The molecule has 56 valence electrons. The number of anilines is 1. The van der Waals surface area contributed by atoms with Crippen molar-refractivity contribution in [1.29, 1.82) is 0 Å². The van der Waals surface area contributed by atoms with Crippen molar-refractivity contribution in [2.75, 3.05) is 12.4 Å². The van der Waals surface area contributed by atoms with Crippen molar-refractivity contribution in [2.24, 2.45) is 0 Å². The van der Waals surface area contributed by atoms with Gasteiger partial charge in [-0.15, -0.1) is 0 Å². The second kappa shape index (κ2) is 2.27. The minimum atomic E-state index is 1.00. The first-order valence-corrected chi connectivity index (χ1v) is 3.51. The maximum atomic E-state index is 4.22. The molecular weight excluding hydrogens is 138 g/mol. The molecule has 0 saturated heterocycles. The van der Waals surface area contributed by atoms with E-state index < -0.39 is 0 Å². The molecule has 0 fully saturated rings. The number of nitrogens with one attached hydrogen (secondary N) is 2. The van der Waals surface area contributed by atoms with Gasteiger partial charge >= 0.3 is 0 Å². The minimum absolute atomic E-state index is 1.00. The maximum absolute atomic E-state index is 4.22. The predicted octanol–water partition coefficient (Wildman–Crippen LogP) is 1.60. The van der Waals surface area contributed by atoms with Gasteiger partial charge in [0.1, 0.15) is 0 Å². The first kappa shape index (κ1) is 6.22. The quantitative estimate of drug-likeness (QED) is 0.643. The van der Waals surface area contributed by atoms with Gasteiger partial charge in [0.25, 0.3) is 0 Å². The summed E-state index contributed by atoms with van der Waals surface area (Å²) in [6.45, 7) is 0. The Morgan fingerprint density at radius 3 is 3.27 bits per heavy atom. The Morgan fingerprint density at radius 2 is 2.45 bits per heavy atom. The van der Waals surface area contributed by atoms with E-state index in [0.717, 1.165) is 16.7 Å². The van der Waals surface area contributed by atoms with Crippen LogP contribution in [0, 0.1) is 0 Å². The summed E-state index contributed by atoms with van der Waals surface area (Å²) in [7, 11) is 1.88. The molecule has 3 nitrogen and oxygen atoms in total. The van der Waals surface area contributed by atoms with Gasteiger partial charge in [0, 0.05) is 13.2 Å². The Kier molecular flexibility index (Phi) is 1.28. The van der Waals surface area contributed by atoms with Crippen molar-refractivity contribution >= 4 is 16.7 Å². The number of fused-ring (bicyclic) bond motifs is 1. The lowest BCUT2D eigenvalue weighted by molar-refractivity contribution is 1.37. The SMILES string of the molecule is CNc1cnc2cc[nH]c2c1. The molecule has 0 unspecified atom stereocenters. The van der Waals surface area contributed by atoms with Crippen LogP contribution in [0.1, 0.15) is 0 Å². The average molecular weight is 147 g/mol. The minimum Gasteiger partial charge on any atom is -0.387 e. The third kappa shape index (κ3) is 0.941. The standard InChI is InChI=1S/C8H9N3/c1-9-6-4-8-7(11-5-6)2-3-10-8/h2-5,9-10H,1H3. The van der Waals surface area contributed by atoms with Crippen molar-refractivity contribution < 1.29 is 0 Å². The Hall–Kier alpha value is -1.51. The zero-order valence-electron chi connectivity index (χ0n) is 6.26. The zero-order valence-corrected chi connectivity index (χ0v) is 6.26. The molecule has 2 aromatic heterocycles. The van der Waals surface area contributed by atoms with Gasteiger partial charge < -0.3 is 10.3 Å². The van der Waals surface area contributed by atoms with Gasteiger partial charge in [0.15, 0.2) is 0 Å². The summed E-state index contributed by atoms with van der Waals surface area (Å²) in [6, 6.07) is 3.98. The first-order chi connectivity index (χ1) is 5.40. The molecule has 11 heavy (non-hydrogen) atoms. The lowest BCUT2D eigenvalue weighted by Crippen LogP contribution is -1.88. The second-order valence-corrected chi connectivity index (χ2v) is 2.38. The van der Waals surface area contributed by atoms with E-state index in [4.69, 9.17) is 0 Å². The number of nitrogens with zero attached hydrogens (tertiary/aromatic N) is 1. The van der Waals surface area contributed by atoms with Crippen molar-refractivity contribution in [1.82, 2.24) is 9.97 Å². The fraction of sp³-hybridized carbons (Fsp3) is 0.125. The van der Waals surface area contributed by atoms with Crippen LogP contribution in [0.25, 0.3) is 11.0 Å². The van der Waals surface area contributed by atoms with Crippen molar-refractivity contribution in [3.63, 3.8) is 0 Å². The van der Waals surface area contributed by atoms with E-state index in [9.17, 15) is 0 Å².